The second kappa shape index (κ2) is 27.3. The molecule has 2 atom stereocenters. The van der Waals surface area contributed by atoms with Crippen LogP contribution >= 0.6 is 11.8 Å². The van der Waals surface area contributed by atoms with E-state index in [2.05, 4.69) is 25.6 Å². The van der Waals surface area contributed by atoms with E-state index in [1.807, 2.05) is 0 Å². The van der Waals surface area contributed by atoms with Crippen molar-refractivity contribution < 1.29 is 4.74 Å². The molecule has 210 valence electrons. The molecule has 0 saturated carbocycles. The zero-order valence-corrected chi connectivity index (χ0v) is 25.3. The summed E-state index contributed by atoms with van der Waals surface area (Å²) < 4.78 is 5.74. The van der Waals surface area contributed by atoms with Gasteiger partial charge in [-0.05, 0) is 44.3 Å². The molecule has 2 unspecified atom stereocenters. The molecular weight excluding hydrogens is 444 g/mol. The molecule has 1 fully saturated rings. The fourth-order valence-electron chi connectivity index (χ4n) is 5.63. The molecule has 0 aliphatic carbocycles. The summed E-state index contributed by atoms with van der Waals surface area (Å²) >= 11 is 2.34. The van der Waals surface area contributed by atoms with Gasteiger partial charge < -0.3 is 4.74 Å². The fourth-order valence-corrected chi connectivity index (χ4v) is 7.00. The van der Waals surface area contributed by atoms with Gasteiger partial charge in [0.1, 0.15) is 0 Å². The summed E-state index contributed by atoms with van der Waals surface area (Å²) in [6, 6.07) is 0. The van der Waals surface area contributed by atoms with Crippen molar-refractivity contribution in [3.63, 3.8) is 0 Å². The summed E-state index contributed by atoms with van der Waals surface area (Å²) in [7, 11) is 0. The Labute approximate surface area is 227 Å². The first-order valence-electron chi connectivity index (χ1n) is 16.6. The van der Waals surface area contributed by atoms with Crippen LogP contribution in [-0.2, 0) is 4.74 Å². The van der Waals surface area contributed by atoms with E-state index >= 15 is 0 Å². The van der Waals surface area contributed by atoms with Gasteiger partial charge in [-0.2, -0.15) is 11.8 Å². The molecule has 0 amide bonds. The van der Waals surface area contributed by atoms with Gasteiger partial charge in [0.15, 0.2) is 0 Å². The van der Waals surface area contributed by atoms with Gasteiger partial charge in [0.25, 0.3) is 0 Å². The van der Waals surface area contributed by atoms with E-state index < -0.39 is 0 Å². The van der Waals surface area contributed by atoms with E-state index in [9.17, 15) is 0 Å². The van der Waals surface area contributed by atoms with Gasteiger partial charge in [0.2, 0.25) is 0 Å². The van der Waals surface area contributed by atoms with Crippen LogP contribution in [0.15, 0.2) is 0 Å². The average Bonchev–Trinajstić information content (AvgIpc) is 3.39. The maximum atomic E-state index is 5.74. The van der Waals surface area contributed by atoms with Gasteiger partial charge in [0.05, 0.1) is 6.10 Å². The van der Waals surface area contributed by atoms with E-state index in [1.165, 1.54) is 179 Å². The molecule has 1 heterocycles. The number of hydrogen-bond acceptors (Lipinski definition) is 2. The Morgan fingerprint density at radius 3 is 1.51 bits per heavy atom. The van der Waals surface area contributed by atoms with E-state index in [4.69, 9.17) is 4.74 Å². The van der Waals surface area contributed by atoms with E-state index in [0.717, 1.165) is 11.9 Å². The van der Waals surface area contributed by atoms with Crippen LogP contribution in [0.3, 0.4) is 0 Å². The maximum absolute atomic E-state index is 5.74. The second-order valence-electron chi connectivity index (χ2n) is 11.6. The molecule has 0 radical (unpaired) electrons. The highest BCUT2D eigenvalue weighted by Gasteiger charge is 2.14. The van der Waals surface area contributed by atoms with Crippen LogP contribution < -0.4 is 0 Å². The smallest absolute Gasteiger partial charge is 0.0576 e. The van der Waals surface area contributed by atoms with Crippen LogP contribution in [0.25, 0.3) is 0 Å². The predicted molar refractivity (Wildman–Crippen MR) is 162 cm³/mol. The lowest BCUT2D eigenvalue weighted by Gasteiger charge is -2.17. The molecule has 0 aromatic rings. The first kappa shape index (κ1) is 33.3. The van der Waals surface area contributed by atoms with Crippen molar-refractivity contribution in [3.8, 4) is 0 Å². The quantitative estimate of drug-likeness (QED) is 0.0967. The maximum Gasteiger partial charge on any atom is 0.0576 e. The minimum atomic E-state index is 0.605. The summed E-state index contributed by atoms with van der Waals surface area (Å²) in [5, 5.41) is 0.950. The fraction of sp³-hybridized carbons (Fsp3) is 1.00. The number of ether oxygens (including phenoxy) is 1. The normalized spacial score (nSPS) is 16.8. The SMILES string of the molecule is CCCCCCCCCC(CCCCCCCC)SCCCCCCCCCCCC1CCCO1. The van der Waals surface area contributed by atoms with Gasteiger partial charge >= 0.3 is 0 Å². The summed E-state index contributed by atoms with van der Waals surface area (Å²) in [5.74, 6) is 1.42. The molecule has 0 bridgehead atoms. The standard InChI is InChI=1S/C33H66OS/c1-3-5-7-9-14-19-23-29-33(28-22-18-10-8-6-4-2)35-31-24-20-16-13-11-12-15-17-21-26-32-27-25-30-34-32/h32-33H,3-31H2,1-2H3. The number of rotatable bonds is 28. The second-order valence-corrected chi connectivity index (χ2v) is 13.0. The van der Waals surface area contributed by atoms with Crippen molar-refractivity contribution in [1.29, 1.82) is 0 Å². The van der Waals surface area contributed by atoms with E-state index in [-0.39, 0.29) is 0 Å². The lowest BCUT2D eigenvalue weighted by atomic mass is 10.0. The first-order valence-corrected chi connectivity index (χ1v) is 17.6. The van der Waals surface area contributed by atoms with Crippen LogP contribution in [0.1, 0.15) is 187 Å². The minimum absolute atomic E-state index is 0.605. The van der Waals surface area contributed by atoms with Crippen molar-refractivity contribution in [3.05, 3.63) is 0 Å². The van der Waals surface area contributed by atoms with Gasteiger partial charge in [0, 0.05) is 11.9 Å². The van der Waals surface area contributed by atoms with Gasteiger partial charge in [-0.15, -0.1) is 0 Å². The topological polar surface area (TPSA) is 9.23 Å². The minimum Gasteiger partial charge on any atom is -0.378 e. The monoisotopic (exact) mass is 510 g/mol. The third-order valence-electron chi connectivity index (χ3n) is 8.06. The number of hydrogen-bond donors (Lipinski definition) is 0. The Balaban J connectivity index is 1.96. The molecule has 0 N–H and O–H groups in total. The van der Waals surface area contributed by atoms with Gasteiger partial charge in [-0.3, -0.25) is 0 Å². The van der Waals surface area contributed by atoms with Gasteiger partial charge in [-0.25, -0.2) is 0 Å². The molecule has 0 aromatic carbocycles. The third-order valence-corrected chi connectivity index (χ3v) is 9.52. The van der Waals surface area contributed by atoms with Crippen LogP contribution in [0.2, 0.25) is 0 Å². The highest BCUT2D eigenvalue weighted by Crippen LogP contribution is 2.26. The molecule has 35 heavy (non-hydrogen) atoms. The van der Waals surface area contributed by atoms with Crippen molar-refractivity contribution in [1.82, 2.24) is 0 Å². The zero-order valence-electron chi connectivity index (χ0n) is 24.5. The Kier molecular flexibility index (Phi) is 26.0. The molecule has 1 aliphatic rings. The molecule has 1 rings (SSSR count). The highest BCUT2D eigenvalue weighted by molar-refractivity contribution is 7.99. The lowest BCUT2D eigenvalue weighted by molar-refractivity contribution is 0.102. The Hall–Kier alpha value is 0.310. The molecular formula is C33H66OS. The van der Waals surface area contributed by atoms with E-state index in [0.29, 0.717) is 6.10 Å². The van der Waals surface area contributed by atoms with Crippen molar-refractivity contribution in [2.24, 2.45) is 0 Å². The zero-order chi connectivity index (χ0) is 25.1. The van der Waals surface area contributed by atoms with E-state index in [1.54, 1.807) is 0 Å². The molecule has 0 spiro atoms. The molecule has 1 nitrogen and oxygen atoms in total. The van der Waals surface area contributed by atoms with Crippen molar-refractivity contribution in [2.45, 2.75) is 199 Å². The average molecular weight is 511 g/mol. The predicted octanol–water partition coefficient (Wildman–Crippen LogP) is 12.1. The third kappa shape index (κ3) is 23.2. The number of unbranched alkanes of at least 4 members (excludes halogenated alkanes) is 19. The Bertz CT molecular complexity index is 393. The van der Waals surface area contributed by atoms with Crippen LogP contribution in [0.5, 0.6) is 0 Å². The number of thioether (sulfide) groups is 1. The summed E-state index contributed by atoms with van der Waals surface area (Å²) in [4.78, 5) is 0. The Morgan fingerprint density at radius 1 is 0.571 bits per heavy atom. The summed E-state index contributed by atoms with van der Waals surface area (Å²) in [5.41, 5.74) is 0. The van der Waals surface area contributed by atoms with Crippen LogP contribution in [0, 0.1) is 0 Å². The molecule has 1 saturated heterocycles. The Morgan fingerprint density at radius 2 is 1.03 bits per heavy atom. The van der Waals surface area contributed by atoms with Crippen molar-refractivity contribution >= 4 is 11.8 Å². The summed E-state index contributed by atoms with van der Waals surface area (Å²) in [6.45, 7) is 5.66. The first-order chi connectivity index (χ1) is 17.4. The highest BCUT2D eigenvalue weighted by atomic mass is 32.2. The van der Waals surface area contributed by atoms with Crippen molar-refractivity contribution in [2.75, 3.05) is 12.4 Å². The summed E-state index contributed by atoms with van der Waals surface area (Å²) in [6.07, 6.45) is 39.4. The van der Waals surface area contributed by atoms with Crippen LogP contribution in [0.4, 0.5) is 0 Å². The molecule has 2 heteroatoms. The largest absolute Gasteiger partial charge is 0.378 e. The van der Waals surface area contributed by atoms with Gasteiger partial charge in [-0.1, -0.05) is 149 Å². The van der Waals surface area contributed by atoms with Crippen LogP contribution in [-0.4, -0.2) is 23.7 Å². The molecule has 1 aliphatic heterocycles. The lowest BCUT2D eigenvalue weighted by Crippen LogP contribution is -2.04. The molecule has 0 aromatic heterocycles.